The van der Waals surface area contributed by atoms with Crippen LogP contribution < -0.4 is 11.5 Å². The molecule has 0 aliphatic carbocycles. The van der Waals surface area contributed by atoms with Gasteiger partial charge < -0.3 is 29.5 Å². The van der Waals surface area contributed by atoms with Crippen molar-refractivity contribution >= 4 is 14.8 Å². The normalized spacial score (nSPS) is 14.6. The van der Waals surface area contributed by atoms with E-state index >= 15 is 0 Å². The van der Waals surface area contributed by atoms with Crippen LogP contribution in [0.25, 0.3) is 0 Å². The van der Waals surface area contributed by atoms with Crippen LogP contribution in [0.5, 0.6) is 0 Å². The van der Waals surface area contributed by atoms with E-state index in [1.54, 1.807) is 21.3 Å². The van der Waals surface area contributed by atoms with Gasteiger partial charge in [-0.15, -0.1) is 0 Å². The van der Waals surface area contributed by atoms with E-state index in [1.807, 2.05) is 0 Å². The van der Waals surface area contributed by atoms with Crippen LogP contribution in [0, 0.1) is 0 Å². The first kappa shape index (κ1) is 21.5. The van der Waals surface area contributed by atoms with Crippen molar-refractivity contribution < 1.29 is 22.8 Å². The lowest BCUT2D eigenvalue weighted by molar-refractivity contribution is -0.141. The van der Waals surface area contributed by atoms with Crippen molar-refractivity contribution in [3.63, 3.8) is 0 Å². The van der Waals surface area contributed by atoms with Gasteiger partial charge in [0.25, 0.3) is 0 Å². The first-order valence-corrected chi connectivity index (χ1v) is 9.62. The summed E-state index contributed by atoms with van der Waals surface area (Å²) in [5.74, 6) is -0.272. The van der Waals surface area contributed by atoms with Gasteiger partial charge in [0.15, 0.2) is 0 Å². The highest BCUT2D eigenvalue weighted by Crippen LogP contribution is 2.18. The predicted octanol–water partition coefficient (Wildman–Crippen LogP) is 1.03. The van der Waals surface area contributed by atoms with Gasteiger partial charge in [0.1, 0.15) is 0 Å². The van der Waals surface area contributed by atoms with E-state index in [-0.39, 0.29) is 18.1 Å². The van der Waals surface area contributed by atoms with Gasteiger partial charge in [0.2, 0.25) is 0 Å². The average molecular weight is 337 g/mol. The second kappa shape index (κ2) is 12.0. The largest absolute Gasteiger partial charge is 0.500 e. The van der Waals surface area contributed by atoms with E-state index in [0.29, 0.717) is 13.0 Å². The fraction of sp³-hybridized carbons (Fsp3) is 0.929. The lowest BCUT2D eigenvalue weighted by Crippen LogP contribution is -2.42. The molecule has 0 aromatic heterocycles. The molecule has 0 rings (SSSR count). The van der Waals surface area contributed by atoms with Gasteiger partial charge in [-0.1, -0.05) is 0 Å². The zero-order valence-corrected chi connectivity index (χ0v) is 15.3. The molecule has 2 unspecified atom stereocenters. The zero-order chi connectivity index (χ0) is 17.0. The molecule has 132 valence electrons. The third kappa shape index (κ3) is 9.49. The molecular weight excluding hydrogens is 304 g/mol. The van der Waals surface area contributed by atoms with E-state index in [0.717, 1.165) is 31.7 Å². The molecular formula is C14H32N2O5Si. The summed E-state index contributed by atoms with van der Waals surface area (Å²) in [4.78, 5) is 10.7. The van der Waals surface area contributed by atoms with E-state index in [2.05, 4.69) is 0 Å². The first-order chi connectivity index (χ1) is 10.4. The topological polar surface area (TPSA) is 106 Å². The molecule has 0 saturated heterocycles. The lowest BCUT2D eigenvalue weighted by atomic mass is 10.0. The summed E-state index contributed by atoms with van der Waals surface area (Å²) in [5.41, 5.74) is 12.1. The van der Waals surface area contributed by atoms with Gasteiger partial charge >= 0.3 is 14.8 Å². The number of rotatable bonds is 13. The molecule has 0 saturated carbocycles. The Hall–Kier alpha value is -0.513. The van der Waals surface area contributed by atoms with Crippen molar-refractivity contribution in [3.05, 3.63) is 0 Å². The molecule has 0 heterocycles. The molecule has 4 N–H and O–H groups in total. The summed E-state index contributed by atoms with van der Waals surface area (Å²) in [7, 11) is 2.35. The molecule has 0 aliphatic heterocycles. The maximum Gasteiger partial charge on any atom is 0.500 e. The van der Waals surface area contributed by atoms with Crippen LogP contribution in [0.3, 0.4) is 0 Å². The highest BCUT2D eigenvalue weighted by atomic mass is 28.4. The van der Waals surface area contributed by atoms with Crippen LogP contribution >= 0.6 is 0 Å². The molecule has 0 aromatic rings. The molecule has 0 amide bonds. The Bertz CT molecular complexity index is 295. The minimum Gasteiger partial charge on any atom is -0.466 e. The van der Waals surface area contributed by atoms with E-state index in [4.69, 9.17) is 29.5 Å². The average Bonchev–Trinajstić information content (AvgIpc) is 2.49. The van der Waals surface area contributed by atoms with Crippen molar-refractivity contribution in [3.8, 4) is 0 Å². The molecule has 0 radical (unpaired) electrons. The highest BCUT2D eigenvalue weighted by Gasteiger charge is 2.36. The maximum atomic E-state index is 10.7. The number of ether oxygens (including phenoxy) is 1. The SMILES string of the molecule is CO[Si](CCCC(N)CCC(N)CCOC(C)=O)(OC)OC. The molecule has 0 bridgehead atoms. The van der Waals surface area contributed by atoms with Crippen LogP contribution in [0.15, 0.2) is 0 Å². The summed E-state index contributed by atoms with van der Waals surface area (Å²) in [6.45, 7) is 1.76. The number of carbonyl (C=O) groups is 1. The molecule has 0 spiro atoms. The summed E-state index contributed by atoms with van der Waals surface area (Å²) in [6.07, 6.45) is 4.11. The van der Waals surface area contributed by atoms with Gasteiger partial charge in [-0.3, -0.25) is 4.79 Å². The van der Waals surface area contributed by atoms with Crippen LogP contribution in [0.4, 0.5) is 0 Å². The highest BCUT2D eigenvalue weighted by molar-refractivity contribution is 6.60. The number of hydrogen-bond acceptors (Lipinski definition) is 7. The molecule has 0 fully saturated rings. The predicted molar refractivity (Wildman–Crippen MR) is 87.3 cm³/mol. The summed E-state index contributed by atoms with van der Waals surface area (Å²) >= 11 is 0. The van der Waals surface area contributed by atoms with Gasteiger partial charge in [-0.25, -0.2) is 0 Å². The minimum atomic E-state index is -2.49. The van der Waals surface area contributed by atoms with E-state index in [9.17, 15) is 4.79 Å². The molecule has 0 aromatic carbocycles. The number of carbonyl (C=O) groups excluding carboxylic acids is 1. The van der Waals surface area contributed by atoms with Crippen molar-refractivity contribution in [2.45, 2.75) is 57.2 Å². The molecule has 2 atom stereocenters. The Morgan fingerprint density at radius 2 is 1.45 bits per heavy atom. The Labute approximate surface area is 135 Å². The van der Waals surface area contributed by atoms with Crippen LogP contribution in [-0.2, 0) is 22.8 Å². The summed E-state index contributed by atoms with van der Waals surface area (Å²) in [5, 5.41) is 0. The quantitative estimate of drug-likeness (QED) is 0.382. The zero-order valence-electron chi connectivity index (χ0n) is 14.3. The third-order valence-electron chi connectivity index (χ3n) is 3.69. The number of nitrogens with two attached hydrogens (primary N) is 2. The lowest BCUT2D eigenvalue weighted by Gasteiger charge is -2.24. The van der Waals surface area contributed by atoms with Crippen molar-refractivity contribution in [1.82, 2.24) is 0 Å². The smallest absolute Gasteiger partial charge is 0.466 e. The third-order valence-corrected chi connectivity index (χ3v) is 6.53. The fourth-order valence-corrected chi connectivity index (χ4v) is 3.96. The number of esters is 1. The van der Waals surface area contributed by atoms with Crippen molar-refractivity contribution in [2.75, 3.05) is 27.9 Å². The Morgan fingerprint density at radius 1 is 0.955 bits per heavy atom. The van der Waals surface area contributed by atoms with Crippen LogP contribution in [0.2, 0.25) is 6.04 Å². The summed E-state index contributed by atoms with van der Waals surface area (Å²) in [6, 6.07) is 0.857. The van der Waals surface area contributed by atoms with E-state index < -0.39 is 8.80 Å². The summed E-state index contributed by atoms with van der Waals surface area (Å²) < 4.78 is 21.0. The number of hydrogen-bond donors (Lipinski definition) is 2. The van der Waals surface area contributed by atoms with Gasteiger partial charge in [0, 0.05) is 46.4 Å². The van der Waals surface area contributed by atoms with Crippen LogP contribution in [0.1, 0.15) is 39.0 Å². The first-order valence-electron chi connectivity index (χ1n) is 7.69. The standard InChI is InChI=1S/C14H32N2O5Si/c1-12(17)21-10-9-14(16)8-7-13(15)6-5-11-22(18-2,19-3)20-4/h13-14H,5-11,15-16H2,1-4H3. The Balaban J connectivity index is 3.81. The van der Waals surface area contributed by atoms with Gasteiger partial charge in [0.05, 0.1) is 6.61 Å². The molecule has 22 heavy (non-hydrogen) atoms. The monoisotopic (exact) mass is 336 g/mol. The second-order valence-electron chi connectivity index (χ2n) is 5.41. The Morgan fingerprint density at radius 3 is 1.91 bits per heavy atom. The Kier molecular flexibility index (Phi) is 11.7. The van der Waals surface area contributed by atoms with Gasteiger partial charge in [-0.2, -0.15) is 0 Å². The second-order valence-corrected chi connectivity index (χ2v) is 8.50. The van der Waals surface area contributed by atoms with Gasteiger partial charge in [-0.05, 0) is 32.1 Å². The van der Waals surface area contributed by atoms with Crippen molar-refractivity contribution in [2.24, 2.45) is 11.5 Å². The fourth-order valence-electron chi connectivity index (χ4n) is 2.21. The van der Waals surface area contributed by atoms with Crippen molar-refractivity contribution in [1.29, 1.82) is 0 Å². The maximum absolute atomic E-state index is 10.7. The molecule has 8 heteroatoms. The van der Waals surface area contributed by atoms with E-state index in [1.165, 1.54) is 6.92 Å². The molecule has 0 aliphatic rings. The molecule has 7 nitrogen and oxygen atoms in total. The van der Waals surface area contributed by atoms with Crippen LogP contribution in [-0.4, -0.2) is 54.8 Å². The minimum absolute atomic E-state index is 0.00999.